The number of halogens is 1. The molecule has 0 spiro atoms. The molecule has 2 aliphatic carbocycles. The Balaban J connectivity index is 2.40. The highest BCUT2D eigenvalue weighted by molar-refractivity contribution is 7.93. The Kier molecular flexibility index (Phi) is 2.31. The first-order valence-corrected chi connectivity index (χ1v) is 6.28. The molecule has 1 saturated carbocycles. The summed E-state index contributed by atoms with van der Waals surface area (Å²) in [4.78, 5) is 10.4. The minimum atomic E-state index is -3.66. The third kappa shape index (κ3) is 1.35. The molecule has 2 aliphatic rings. The van der Waals surface area contributed by atoms with Crippen molar-refractivity contribution in [3.8, 4) is 0 Å². The molecule has 2 rings (SSSR count). The molecule has 1 N–H and O–H groups in total. The maximum Gasteiger partial charge on any atom is 0.261 e. The van der Waals surface area contributed by atoms with Crippen LogP contribution in [0.1, 0.15) is 19.3 Å². The standard InChI is InChI=1S/C8H10ClNO3S/c9-7-5-1-2-6(3-5)8(7)14(12,13)10-4-11/h4-6H,1-3H2,(H,10,11). The predicted molar refractivity (Wildman–Crippen MR) is 51.8 cm³/mol. The molecule has 0 aromatic heterocycles. The average molecular weight is 236 g/mol. The minimum Gasteiger partial charge on any atom is -0.278 e. The van der Waals surface area contributed by atoms with Crippen LogP contribution in [0.2, 0.25) is 0 Å². The molecule has 2 unspecified atom stereocenters. The Morgan fingerprint density at radius 2 is 2.00 bits per heavy atom. The Labute approximate surface area is 87.4 Å². The third-order valence-corrected chi connectivity index (χ3v) is 5.05. The molecular weight excluding hydrogens is 226 g/mol. The number of carbonyl (C=O) groups excluding carboxylic acids is 1. The largest absolute Gasteiger partial charge is 0.278 e. The summed E-state index contributed by atoms with van der Waals surface area (Å²) in [6, 6.07) is 0. The van der Waals surface area contributed by atoms with E-state index < -0.39 is 10.0 Å². The highest BCUT2D eigenvalue weighted by atomic mass is 35.5. The van der Waals surface area contributed by atoms with Crippen molar-refractivity contribution in [2.75, 3.05) is 0 Å². The van der Waals surface area contributed by atoms with E-state index in [0.717, 1.165) is 19.3 Å². The lowest BCUT2D eigenvalue weighted by atomic mass is 10.1. The van der Waals surface area contributed by atoms with E-state index in [2.05, 4.69) is 0 Å². The number of amides is 1. The Hall–Kier alpha value is -0.550. The Morgan fingerprint density at radius 1 is 1.36 bits per heavy atom. The highest BCUT2D eigenvalue weighted by Gasteiger charge is 2.43. The lowest BCUT2D eigenvalue weighted by Gasteiger charge is -2.14. The summed E-state index contributed by atoms with van der Waals surface area (Å²) in [5, 5.41) is 0.426. The fraction of sp³-hybridized carbons (Fsp3) is 0.625. The van der Waals surface area contributed by atoms with Gasteiger partial charge in [0.1, 0.15) is 0 Å². The van der Waals surface area contributed by atoms with Gasteiger partial charge in [0, 0.05) is 5.03 Å². The molecular formula is C8H10ClNO3S. The number of allylic oxidation sites excluding steroid dienone is 2. The molecule has 0 aromatic carbocycles. The summed E-state index contributed by atoms with van der Waals surface area (Å²) in [5.74, 6) is 0.213. The molecule has 0 aliphatic heterocycles. The van der Waals surface area contributed by atoms with Crippen LogP contribution in [0.3, 0.4) is 0 Å². The van der Waals surface area contributed by atoms with Gasteiger partial charge in [-0.2, -0.15) is 0 Å². The number of hydrogen-bond donors (Lipinski definition) is 1. The number of nitrogens with one attached hydrogen (secondary N) is 1. The summed E-state index contributed by atoms with van der Waals surface area (Å²) in [6.45, 7) is 0. The molecule has 2 bridgehead atoms. The van der Waals surface area contributed by atoms with Gasteiger partial charge in [0.15, 0.2) is 0 Å². The lowest BCUT2D eigenvalue weighted by molar-refractivity contribution is -0.108. The smallest absolute Gasteiger partial charge is 0.261 e. The first kappa shape index (κ1) is 9.98. The summed E-state index contributed by atoms with van der Waals surface area (Å²) in [7, 11) is -3.66. The number of fused-ring (bicyclic) bond motifs is 2. The zero-order valence-corrected chi connectivity index (χ0v) is 8.94. The fourth-order valence-electron chi connectivity index (χ4n) is 2.32. The molecule has 4 nitrogen and oxygen atoms in total. The van der Waals surface area contributed by atoms with Gasteiger partial charge in [-0.25, -0.2) is 8.42 Å². The number of carbonyl (C=O) groups is 1. The number of sulfonamides is 1. The molecule has 78 valence electrons. The minimum absolute atomic E-state index is 0.0185. The second-order valence-corrected chi connectivity index (χ2v) is 5.75. The first-order valence-electron chi connectivity index (χ1n) is 4.42. The van der Waals surface area contributed by atoms with Crippen molar-refractivity contribution in [2.24, 2.45) is 11.8 Å². The van der Waals surface area contributed by atoms with Crippen molar-refractivity contribution in [2.45, 2.75) is 19.3 Å². The van der Waals surface area contributed by atoms with Gasteiger partial charge in [0.2, 0.25) is 6.41 Å². The van der Waals surface area contributed by atoms with E-state index in [1.54, 1.807) is 0 Å². The number of rotatable bonds is 3. The van der Waals surface area contributed by atoms with Crippen LogP contribution >= 0.6 is 11.6 Å². The average Bonchev–Trinajstić information content (AvgIpc) is 2.62. The van der Waals surface area contributed by atoms with E-state index in [9.17, 15) is 13.2 Å². The zero-order chi connectivity index (χ0) is 10.3. The van der Waals surface area contributed by atoms with E-state index in [-0.39, 0.29) is 23.2 Å². The van der Waals surface area contributed by atoms with Crippen molar-refractivity contribution in [3.05, 3.63) is 9.94 Å². The van der Waals surface area contributed by atoms with Crippen molar-refractivity contribution < 1.29 is 13.2 Å². The number of hydrogen-bond acceptors (Lipinski definition) is 3. The first-order chi connectivity index (χ1) is 6.56. The van der Waals surface area contributed by atoms with E-state index in [1.165, 1.54) is 0 Å². The van der Waals surface area contributed by atoms with E-state index in [4.69, 9.17) is 11.6 Å². The molecule has 2 atom stereocenters. The van der Waals surface area contributed by atoms with Crippen LogP contribution in [0.5, 0.6) is 0 Å². The van der Waals surface area contributed by atoms with Gasteiger partial charge in [0.05, 0.1) is 4.91 Å². The van der Waals surface area contributed by atoms with Crippen LogP contribution in [0.15, 0.2) is 9.94 Å². The molecule has 0 saturated heterocycles. The molecule has 0 heterocycles. The Morgan fingerprint density at radius 3 is 2.50 bits per heavy atom. The SMILES string of the molecule is O=CNS(=O)(=O)C1=C(Cl)C2CCC1C2. The quantitative estimate of drug-likeness (QED) is 0.741. The molecule has 6 heteroatoms. The van der Waals surface area contributed by atoms with Gasteiger partial charge in [-0.15, -0.1) is 0 Å². The third-order valence-electron chi connectivity index (χ3n) is 2.89. The molecule has 0 radical (unpaired) electrons. The maximum absolute atomic E-state index is 11.5. The van der Waals surface area contributed by atoms with Crippen molar-refractivity contribution in [1.82, 2.24) is 4.72 Å². The molecule has 0 aromatic rings. The second-order valence-electron chi connectivity index (χ2n) is 3.66. The molecule has 1 fully saturated rings. The lowest BCUT2D eigenvalue weighted by Crippen LogP contribution is -2.26. The van der Waals surface area contributed by atoms with Crippen LogP contribution in [-0.2, 0) is 14.8 Å². The monoisotopic (exact) mass is 235 g/mol. The zero-order valence-electron chi connectivity index (χ0n) is 7.36. The van der Waals surface area contributed by atoms with Crippen molar-refractivity contribution >= 4 is 28.0 Å². The van der Waals surface area contributed by atoms with Crippen LogP contribution < -0.4 is 4.72 Å². The van der Waals surface area contributed by atoms with Crippen LogP contribution in [-0.4, -0.2) is 14.8 Å². The summed E-state index contributed by atoms with van der Waals surface area (Å²) in [6.07, 6.45) is 2.81. The van der Waals surface area contributed by atoms with Crippen LogP contribution in [0.25, 0.3) is 0 Å². The summed E-state index contributed by atoms with van der Waals surface area (Å²) < 4.78 is 24.9. The van der Waals surface area contributed by atoms with Gasteiger partial charge < -0.3 is 0 Å². The molecule has 14 heavy (non-hydrogen) atoms. The Bertz CT molecular complexity index is 401. The van der Waals surface area contributed by atoms with Gasteiger partial charge >= 0.3 is 0 Å². The highest BCUT2D eigenvalue weighted by Crippen LogP contribution is 2.51. The van der Waals surface area contributed by atoms with Crippen LogP contribution in [0, 0.1) is 11.8 Å². The van der Waals surface area contributed by atoms with Gasteiger partial charge in [0.25, 0.3) is 10.0 Å². The second kappa shape index (κ2) is 3.24. The normalized spacial score (nSPS) is 30.9. The van der Waals surface area contributed by atoms with Crippen molar-refractivity contribution in [1.29, 1.82) is 0 Å². The van der Waals surface area contributed by atoms with Crippen LogP contribution in [0.4, 0.5) is 0 Å². The topological polar surface area (TPSA) is 63.2 Å². The van der Waals surface area contributed by atoms with Gasteiger partial charge in [-0.1, -0.05) is 11.6 Å². The predicted octanol–water partition coefficient (Wildman–Crippen LogP) is 0.943. The van der Waals surface area contributed by atoms with Gasteiger partial charge in [-0.05, 0) is 31.1 Å². The maximum atomic E-state index is 11.5. The van der Waals surface area contributed by atoms with E-state index in [1.807, 2.05) is 4.72 Å². The summed E-state index contributed by atoms with van der Waals surface area (Å²) in [5.41, 5.74) is 0. The summed E-state index contributed by atoms with van der Waals surface area (Å²) >= 11 is 5.94. The van der Waals surface area contributed by atoms with E-state index >= 15 is 0 Å². The molecule has 1 amide bonds. The van der Waals surface area contributed by atoms with E-state index in [0.29, 0.717) is 5.03 Å². The fourth-order valence-corrected chi connectivity index (χ4v) is 4.31. The van der Waals surface area contributed by atoms with Gasteiger partial charge in [-0.3, -0.25) is 9.52 Å². The van der Waals surface area contributed by atoms with Crippen molar-refractivity contribution in [3.63, 3.8) is 0 Å².